The topological polar surface area (TPSA) is 12.9 Å². The highest BCUT2D eigenvalue weighted by molar-refractivity contribution is 9.10. The van der Waals surface area contributed by atoms with Gasteiger partial charge >= 0.3 is 0 Å². The molecule has 0 amide bonds. The normalized spacial score (nSPS) is 11.6. The minimum Gasteiger partial charge on any atom is -0.265 e. The molecule has 0 aliphatic carbocycles. The van der Waals surface area contributed by atoms with Crippen molar-refractivity contribution in [3.05, 3.63) is 22.8 Å². The Labute approximate surface area is 77.0 Å². The molecule has 0 aromatic carbocycles. The maximum Gasteiger partial charge on any atom is 0.103 e. The van der Waals surface area contributed by atoms with Gasteiger partial charge in [-0.05, 0) is 28.1 Å². The molecule has 0 radical (unpaired) electrons. The van der Waals surface area contributed by atoms with E-state index in [9.17, 15) is 0 Å². The zero-order chi connectivity index (χ0) is 8.48. The fourth-order valence-corrected chi connectivity index (χ4v) is 4.24. The van der Waals surface area contributed by atoms with E-state index in [4.69, 9.17) is 0 Å². The third-order valence-corrected chi connectivity index (χ3v) is 4.29. The molecule has 0 spiro atoms. The smallest absolute Gasteiger partial charge is 0.103 e. The molecule has 0 aliphatic heterocycles. The molecule has 1 aromatic heterocycles. The average molecular weight is 230 g/mol. The Bertz CT molecular complexity index is 255. The van der Waals surface area contributed by atoms with E-state index >= 15 is 0 Å². The highest BCUT2D eigenvalue weighted by Crippen LogP contribution is 2.10. The van der Waals surface area contributed by atoms with E-state index < -0.39 is 8.07 Å². The first-order valence-electron chi connectivity index (χ1n) is 3.63. The molecule has 3 heteroatoms. The molecule has 1 nitrogen and oxygen atoms in total. The van der Waals surface area contributed by atoms with Crippen molar-refractivity contribution in [1.29, 1.82) is 0 Å². The third-order valence-electron chi connectivity index (χ3n) is 1.47. The molecule has 60 valence electrons. The van der Waals surface area contributed by atoms with Crippen LogP contribution in [-0.2, 0) is 0 Å². The van der Waals surface area contributed by atoms with Crippen molar-refractivity contribution in [2.24, 2.45) is 0 Å². The molecular weight excluding hydrogens is 218 g/mol. The first-order chi connectivity index (χ1) is 5.02. The van der Waals surface area contributed by atoms with Gasteiger partial charge in [-0.2, -0.15) is 0 Å². The fourth-order valence-electron chi connectivity index (χ4n) is 0.938. The van der Waals surface area contributed by atoms with Gasteiger partial charge in [-0.25, -0.2) is 0 Å². The third kappa shape index (κ3) is 2.14. The molecule has 0 saturated heterocycles. The Hall–Kier alpha value is -0.153. The maximum atomic E-state index is 4.36. The Morgan fingerprint density at radius 2 is 2.00 bits per heavy atom. The number of aromatic nitrogens is 1. The van der Waals surface area contributed by atoms with Gasteiger partial charge in [0.2, 0.25) is 0 Å². The first-order valence-corrected chi connectivity index (χ1v) is 7.92. The largest absolute Gasteiger partial charge is 0.265 e. The molecular formula is C8H12BrNSi. The van der Waals surface area contributed by atoms with E-state index in [1.165, 1.54) is 5.32 Å². The molecule has 1 rings (SSSR count). The lowest BCUT2D eigenvalue weighted by atomic mass is 10.5. The molecule has 0 atom stereocenters. The quantitative estimate of drug-likeness (QED) is 0.675. The summed E-state index contributed by atoms with van der Waals surface area (Å²) in [6.07, 6.45) is 1.86. The first kappa shape index (κ1) is 8.94. The fraction of sp³-hybridized carbons (Fsp3) is 0.375. The summed E-state index contributed by atoms with van der Waals surface area (Å²) in [4.78, 5) is 4.36. The Kier molecular flexibility index (Phi) is 2.49. The lowest BCUT2D eigenvalue weighted by Crippen LogP contribution is -2.40. The Balaban J connectivity index is 3.14. The van der Waals surface area contributed by atoms with E-state index in [-0.39, 0.29) is 0 Å². The molecule has 1 heterocycles. The van der Waals surface area contributed by atoms with Crippen molar-refractivity contribution in [2.45, 2.75) is 19.6 Å². The van der Waals surface area contributed by atoms with Crippen molar-refractivity contribution in [1.82, 2.24) is 4.98 Å². The number of nitrogens with zero attached hydrogens (tertiary/aromatic N) is 1. The van der Waals surface area contributed by atoms with Crippen molar-refractivity contribution in [2.75, 3.05) is 0 Å². The van der Waals surface area contributed by atoms with Crippen LogP contribution in [0.3, 0.4) is 0 Å². The summed E-state index contributed by atoms with van der Waals surface area (Å²) in [5.41, 5.74) is 0. The number of hydrogen-bond acceptors (Lipinski definition) is 1. The van der Waals surface area contributed by atoms with Crippen LogP contribution in [0.1, 0.15) is 0 Å². The molecule has 0 N–H and O–H groups in total. The SMILES string of the molecule is C[Si](C)(C)c1ncccc1Br. The van der Waals surface area contributed by atoms with Crippen molar-refractivity contribution in [3.63, 3.8) is 0 Å². The summed E-state index contributed by atoms with van der Waals surface area (Å²) in [5.74, 6) is 0. The summed E-state index contributed by atoms with van der Waals surface area (Å²) in [7, 11) is -1.24. The van der Waals surface area contributed by atoms with Gasteiger partial charge in [-0.15, -0.1) is 0 Å². The van der Waals surface area contributed by atoms with Gasteiger partial charge in [0.25, 0.3) is 0 Å². The van der Waals surface area contributed by atoms with Crippen LogP contribution in [0.5, 0.6) is 0 Å². The molecule has 11 heavy (non-hydrogen) atoms. The Morgan fingerprint density at radius 3 is 2.36 bits per heavy atom. The molecule has 0 bridgehead atoms. The van der Waals surface area contributed by atoms with Crippen LogP contribution >= 0.6 is 15.9 Å². The van der Waals surface area contributed by atoms with Crippen LogP contribution in [0.4, 0.5) is 0 Å². The van der Waals surface area contributed by atoms with E-state index in [2.05, 4.69) is 46.6 Å². The maximum absolute atomic E-state index is 4.36. The lowest BCUT2D eigenvalue weighted by molar-refractivity contribution is 1.34. The monoisotopic (exact) mass is 229 g/mol. The second-order valence-electron chi connectivity index (χ2n) is 3.58. The predicted molar refractivity (Wildman–Crippen MR) is 54.9 cm³/mol. The zero-order valence-corrected chi connectivity index (χ0v) is 9.64. The van der Waals surface area contributed by atoms with Gasteiger partial charge in [0.15, 0.2) is 0 Å². The van der Waals surface area contributed by atoms with Gasteiger partial charge in [0, 0.05) is 16.0 Å². The van der Waals surface area contributed by atoms with E-state index in [0.29, 0.717) is 0 Å². The summed E-state index contributed by atoms with van der Waals surface area (Å²) in [6.45, 7) is 6.88. The van der Waals surface area contributed by atoms with Crippen molar-refractivity contribution >= 4 is 29.3 Å². The van der Waals surface area contributed by atoms with E-state index in [1.807, 2.05) is 12.3 Å². The van der Waals surface area contributed by atoms with Crippen LogP contribution in [0.25, 0.3) is 0 Å². The van der Waals surface area contributed by atoms with Crippen molar-refractivity contribution in [3.8, 4) is 0 Å². The number of halogens is 1. The van der Waals surface area contributed by atoms with Crippen LogP contribution in [-0.4, -0.2) is 13.1 Å². The van der Waals surface area contributed by atoms with Gasteiger partial charge in [-0.1, -0.05) is 19.6 Å². The molecule has 0 unspecified atom stereocenters. The van der Waals surface area contributed by atoms with Crippen molar-refractivity contribution < 1.29 is 0 Å². The number of rotatable bonds is 1. The molecule has 0 fully saturated rings. The van der Waals surface area contributed by atoms with Crippen LogP contribution in [0.2, 0.25) is 19.6 Å². The second kappa shape index (κ2) is 3.07. The summed E-state index contributed by atoms with van der Waals surface area (Å²) in [6, 6.07) is 4.01. The Morgan fingerprint density at radius 1 is 1.36 bits per heavy atom. The van der Waals surface area contributed by atoms with Gasteiger partial charge in [-0.3, -0.25) is 4.98 Å². The van der Waals surface area contributed by atoms with Gasteiger partial charge < -0.3 is 0 Å². The van der Waals surface area contributed by atoms with E-state index in [1.54, 1.807) is 0 Å². The van der Waals surface area contributed by atoms with Crippen LogP contribution in [0, 0.1) is 0 Å². The standard InChI is InChI=1S/C8H12BrNSi/c1-11(2,3)8-7(9)5-4-6-10-8/h4-6H,1-3H3. The lowest BCUT2D eigenvalue weighted by Gasteiger charge is -2.15. The highest BCUT2D eigenvalue weighted by Gasteiger charge is 2.20. The molecule has 0 saturated carbocycles. The molecule has 1 aromatic rings. The second-order valence-corrected chi connectivity index (χ2v) is 9.41. The zero-order valence-electron chi connectivity index (χ0n) is 7.06. The minimum absolute atomic E-state index is 1.15. The average Bonchev–Trinajstić information content (AvgIpc) is 1.86. The number of pyridine rings is 1. The summed E-state index contributed by atoms with van der Waals surface area (Å²) < 4.78 is 1.15. The molecule has 0 aliphatic rings. The minimum atomic E-state index is -1.24. The highest BCUT2D eigenvalue weighted by atomic mass is 79.9. The summed E-state index contributed by atoms with van der Waals surface area (Å²) in [5, 5.41) is 1.25. The summed E-state index contributed by atoms with van der Waals surface area (Å²) >= 11 is 3.50. The van der Waals surface area contributed by atoms with E-state index in [0.717, 1.165) is 4.47 Å². The number of hydrogen-bond donors (Lipinski definition) is 0. The van der Waals surface area contributed by atoms with Gasteiger partial charge in [0.05, 0.1) is 0 Å². The van der Waals surface area contributed by atoms with Crippen LogP contribution in [0.15, 0.2) is 22.8 Å². The van der Waals surface area contributed by atoms with Crippen LogP contribution < -0.4 is 5.32 Å². The predicted octanol–water partition coefficient (Wildman–Crippen LogP) is 2.39. The van der Waals surface area contributed by atoms with Gasteiger partial charge in [0.1, 0.15) is 8.07 Å².